The number of nitrogens with zero attached hydrogens (tertiary/aromatic N) is 2. The molecule has 0 atom stereocenters. The Bertz CT molecular complexity index is 585. The van der Waals surface area contributed by atoms with Crippen LogP contribution in [0, 0.1) is 11.6 Å². The van der Waals surface area contributed by atoms with Crippen molar-refractivity contribution in [3.63, 3.8) is 0 Å². The van der Waals surface area contributed by atoms with Crippen LogP contribution < -0.4 is 17.2 Å². The van der Waals surface area contributed by atoms with Gasteiger partial charge in [-0.05, 0) is 12.1 Å². The van der Waals surface area contributed by atoms with Gasteiger partial charge in [0.15, 0.2) is 5.82 Å². The molecule has 0 spiro atoms. The maximum Gasteiger partial charge on any atom is 0.221 e. The van der Waals surface area contributed by atoms with E-state index in [4.69, 9.17) is 17.2 Å². The minimum Gasteiger partial charge on any atom is -0.394 e. The van der Waals surface area contributed by atoms with Crippen molar-refractivity contribution in [2.24, 2.45) is 0 Å². The zero-order valence-corrected chi connectivity index (χ0v) is 8.61. The van der Waals surface area contributed by atoms with Crippen LogP contribution in [0.15, 0.2) is 18.3 Å². The van der Waals surface area contributed by atoms with Gasteiger partial charge in [0.25, 0.3) is 0 Å². The fourth-order valence-electron chi connectivity index (χ4n) is 1.39. The summed E-state index contributed by atoms with van der Waals surface area (Å²) in [6, 6.07) is 2.26. The lowest BCUT2D eigenvalue weighted by molar-refractivity contribution is 0.594. The molecule has 6 N–H and O–H groups in total. The number of aromatic nitrogens is 2. The van der Waals surface area contributed by atoms with Crippen LogP contribution in [-0.4, -0.2) is 9.97 Å². The average molecular weight is 237 g/mol. The zero-order valence-electron chi connectivity index (χ0n) is 8.61. The van der Waals surface area contributed by atoms with Gasteiger partial charge in [0.05, 0.1) is 0 Å². The van der Waals surface area contributed by atoms with Crippen molar-refractivity contribution in [2.75, 3.05) is 17.2 Å². The Morgan fingerprint density at radius 2 is 1.71 bits per heavy atom. The Morgan fingerprint density at radius 3 is 2.35 bits per heavy atom. The third-order valence-electron chi connectivity index (χ3n) is 2.25. The van der Waals surface area contributed by atoms with Gasteiger partial charge in [-0.2, -0.15) is 4.98 Å². The van der Waals surface area contributed by atoms with E-state index in [1.54, 1.807) is 0 Å². The topological polar surface area (TPSA) is 104 Å². The molecule has 1 heterocycles. The van der Waals surface area contributed by atoms with Crippen molar-refractivity contribution < 1.29 is 8.78 Å². The largest absolute Gasteiger partial charge is 0.394 e. The number of rotatable bonds is 1. The quantitative estimate of drug-likeness (QED) is 0.646. The first-order chi connectivity index (χ1) is 8.00. The first kappa shape index (κ1) is 11.1. The van der Waals surface area contributed by atoms with Crippen LogP contribution in [0.5, 0.6) is 0 Å². The van der Waals surface area contributed by atoms with Gasteiger partial charge in [-0.15, -0.1) is 0 Å². The Labute approximate surface area is 95.3 Å². The molecule has 0 aliphatic carbocycles. The van der Waals surface area contributed by atoms with Gasteiger partial charge in [-0.25, -0.2) is 13.8 Å². The molecule has 1 aromatic heterocycles. The Balaban J connectivity index is 2.65. The maximum absolute atomic E-state index is 13.7. The molecule has 7 heteroatoms. The number of anilines is 3. The average Bonchev–Trinajstić information content (AvgIpc) is 2.28. The van der Waals surface area contributed by atoms with Crippen molar-refractivity contribution in [2.45, 2.75) is 0 Å². The smallest absolute Gasteiger partial charge is 0.221 e. The molecule has 0 amide bonds. The molecule has 0 aliphatic rings. The lowest BCUT2D eigenvalue weighted by Gasteiger charge is -2.08. The summed E-state index contributed by atoms with van der Waals surface area (Å²) in [6.07, 6.45) is 1.26. The molecule has 0 bridgehead atoms. The summed E-state index contributed by atoms with van der Waals surface area (Å²) >= 11 is 0. The van der Waals surface area contributed by atoms with E-state index in [2.05, 4.69) is 9.97 Å². The molecule has 17 heavy (non-hydrogen) atoms. The molecule has 0 aliphatic heterocycles. The number of hydrogen-bond acceptors (Lipinski definition) is 5. The molecular formula is C10H9F2N5. The van der Waals surface area contributed by atoms with Crippen molar-refractivity contribution in [3.05, 3.63) is 30.0 Å². The SMILES string of the molecule is Nc1ncc(-c2ccc(F)c(N)c2F)c(N)n1. The molecule has 2 rings (SSSR count). The number of nitrogen functional groups attached to an aromatic ring is 3. The third-order valence-corrected chi connectivity index (χ3v) is 2.25. The van der Waals surface area contributed by atoms with E-state index in [9.17, 15) is 8.78 Å². The van der Waals surface area contributed by atoms with Crippen molar-refractivity contribution in [3.8, 4) is 11.1 Å². The van der Waals surface area contributed by atoms with Gasteiger partial charge >= 0.3 is 0 Å². The minimum absolute atomic E-state index is 0.00223. The number of nitrogens with two attached hydrogens (primary N) is 3. The van der Waals surface area contributed by atoms with Crippen LogP contribution in [0.25, 0.3) is 11.1 Å². The molecular weight excluding hydrogens is 228 g/mol. The molecule has 0 saturated carbocycles. The Hall–Kier alpha value is -2.44. The van der Waals surface area contributed by atoms with E-state index in [0.29, 0.717) is 0 Å². The standard InChI is InChI=1S/C10H9F2N5/c11-6-2-1-4(7(12)8(6)13)5-3-16-10(15)17-9(5)14/h1-3H,13H2,(H4,14,15,16,17). The van der Waals surface area contributed by atoms with Crippen LogP contribution in [0.4, 0.5) is 26.2 Å². The molecule has 2 aromatic rings. The van der Waals surface area contributed by atoms with Gasteiger partial charge < -0.3 is 17.2 Å². The molecule has 0 saturated heterocycles. The summed E-state index contributed by atoms with van der Waals surface area (Å²) in [6.45, 7) is 0. The minimum atomic E-state index is -0.898. The lowest BCUT2D eigenvalue weighted by atomic mass is 10.1. The number of hydrogen-bond donors (Lipinski definition) is 3. The summed E-state index contributed by atoms with van der Waals surface area (Å²) in [7, 11) is 0. The van der Waals surface area contributed by atoms with Crippen LogP contribution in [0.2, 0.25) is 0 Å². The summed E-state index contributed by atoms with van der Waals surface area (Å²) in [5.41, 5.74) is 15.8. The normalized spacial score (nSPS) is 10.5. The first-order valence-corrected chi connectivity index (χ1v) is 4.62. The first-order valence-electron chi connectivity index (χ1n) is 4.62. The predicted molar refractivity (Wildman–Crippen MR) is 60.6 cm³/mol. The Morgan fingerprint density at radius 1 is 1.00 bits per heavy atom. The second-order valence-electron chi connectivity index (χ2n) is 3.35. The highest BCUT2D eigenvalue weighted by Gasteiger charge is 2.15. The third kappa shape index (κ3) is 1.82. The second kappa shape index (κ2) is 3.85. The van der Waals surface area contributed by atoms with E-state index in [-0.39, 0.29) is 22.9 Å². The van der Waals surface area contributed by atoms with Crippen LogP contribution in [-0.2, 0) is 0 Å². The van der Waals surface area contributed by atoms with Crippen LogP contribution >= 0.6 is 0 Å². The van der Waals surface area contributed by atoms with Gasteiger partial charge in [-0.3, -0.25) is 0 Å². The molecule has 0 unspecified atom stereocenters. The summed E-state index contributed by atoms with van der Waals surface area (Å²) in [4.78, 5) is 7.38. The van der Waals surface area contributed by atoms with Crippen molar-refractivity contribution in [1.29, 1.82) is 0 Å². The highest BCUT2D eigenvalue weighted by Crippen LogP contribution is 2.30. The van der Waals surface area contributed by atoms with Gasteiger partial charge in [-0.1, -0.05) is 0 Å². The maximum atomic E-state index is 13.7. The lowest BCUT2D eigenvalue weighted by Crippen LogP contribution is -2.03. The molecule has 0 radical (unpaired) electrons. The molecule has 88 valence electrons. The fraction of sp³-hybridized carbons (Fsp3) is 0. The van der Waals surface area contributed by atoms with Crippen molar-refractivity contribution in [1.82, 2.24) is 9.97 Å². The van der Waals surface area contributed by atoms with Gasteiger partial charge in [0.2, 0.25) is 5.95 Å². The van der Waals surface area contributed by atoms with Gasteiger partial charge in [0.1, 0.15) is 17.3 Å². The summed E-state index contributed by atoms with van der Waals surface area (Å²) < 4.78 is 26.7. The summed E-state index contributed by atoms with van der Waals surface area (Å²) in [5.74, 6) is -1.75. The van der Waals surface area contributed by atoms with Crippen LogP contribution in [0.3, 0.4) is 0 Å². The monoisotopic (exact) mass is 237 g/mol. The molecule has 0 fully saturated rings. The van der Waals surface area contributed by atoms with E-state index >= 15 is 0 Å². The number of benzene rings is 1. The highest BCUT2D eigenvalue weighted by atomic mass is 19.1. The van der Waals surface area contributed by atoms with E-state index < -0.39 is 17.3 Å². The second-order valence-corrected chi connectivity index (χ2v) is 3.35. The van der Waals surface area contributed by atoms with E-state index in [1.165, 1.54) is 12.3 Å². The van der Waals surface area contributed by atoms with Crippen LogP contribution in [0.1, 0.15) is 0 Å². The molecule has 5 nitrogen and oxygen atoms in total. The van der Waals surface area contributed by atoms with Crippen molar-refractivity contribution >= 4 is 17.5 Å². The number of halogens is 2. The highest BCUT2D eigenvalue weighted by molar-refractivity contribution is 5.76. The predicted octanol–water partition coefficient (Wildman–Crippen LogP) is 1.17. The van der Waals surface area contributed by atoms with E-state index in [0.717, 1.165) is 6.07 Å². The zero-order chi connectivity index (χ0) is 12.6. The molecule has 1 aromatic carbocycles. The Kier molecular flexibility index (Phi) is 2.51. The van der Waals surface area contributed by atoms with Gasteiger partial charge in [0, 0.05) is 17.3 Å². The van der Waals surface area contributed by atoms with E-state index in [1.807, 2.05) is 0 Å². The fourth-order valence-corrected chi connectivity index (χ4v) is 1.39. The summed E-state index contributed by atoms with van der Waals surface area (Å²) in [5, 5.41) is 0.